The number of hydrogen-bond donors (Lipinski definition) is 2. The Hall–Kier alpha value is -3.61. The molecule has 3 aromatic rings. The number of nitrogens with zero attached hydrogens (tertiary/aromatic N) is 4. The van der Waals surface area contributed by atoms with Crippen molar-refractivity contribution in [2.45, 2.75) is 77.5 Å². The van der Waals surface area contributed by atoms with Crippen molar-refractivity contribution in [2.75, 3.05) is 32.0 Å². The summed E-state index contributed by atoms with van der Waals surface area (Å²) in [6, 6.07) is 6.88. The summed E-state index contributed by atoms with van der Waals surface area (Å²) in [4.78, 5) is 38.0. The number of carbonyl (C=O) groups excluding carboxylic acids is 2. The number of fused-ring (bicyclic) bond motifs is 1. The number of alkyl halides is 1. The molecule has 3 N–H and O–H groups in total. The summed E-state index contributed by atoms with van der Waals surface area (Å²) >= 11 is 0. The van der Waals surface area contributed by atoms with Crippen LogP contribution in [0.5, 0.6) is 5.75 Å². The molecule has 44 heavy (non-hydrogen) atoms. The second-order valence-corrected chi connectivity index (χ2v) is 12.2. The molecular weight excluding hydrogens is 594 g/mol. The van der Waals surface area contributed by atoms with Crippen LogP contribution in [0.3, 0.4) is 0 Å². The fraction of sp³-hybridized carbons (Fsp3) is 0.552. The number of anilines is 1. The van der Waals surface area contributed by atoms with Gasteiger partial charge in [-0.1, -0.05) is 57.7 Å². The molecule has 0 aliphatic carbocycles. The van der Waals surface area contributed by atoms with Crippen molar-refractivity contribution in [3.8, 4) is 5.75 Å². The number of esters is 2. The molecule has 15 heteroatoms. The summed E-state index contributed by atoms with van der Waals surface area (Å²) in [5, 5.41) is 2.68. The number of ether oxygens (including phenoxy) is 3. The topological polar surface area (TPSA) is 170 Å². The minimum Gasteiger partial charge on any atom is -0.466 e. The zero-order valence-electron chi connectivity index (χ0n) is 25.2. The molecule has 1 aromatic carbocycles. The lowest BCUT2D eigenvalue weighted by molar-refractivity contribution is -0.152. The van der Waals surface area contributed by atoms with Gasteiger partial charge in [-0.05, 0) is 25.0 Å². The van der Waals surface area contributed by atoms with E-state index in [9.17, 15) is 18.5 Å². The average Bonchev–Trinajstić information content (AvgIpc) is 3.43. The number of halogens is 1. The number of hydrogen-bond acceptors (Lipinski definition) is 11. The minimum absolute atomic E-state index is 0.0399. The molecule has 0 bridgehead atoms. The molecule has 0 aliphatic rings. The smallest absolute Gasteiger partial charge is 0.342 e. The van der Waals surface area contributed by atoms with Crippen molar-refractivity contribution in [1.29, 1.82) is 0 Å². The van der Waals surface area contributed by atoms with Crippen LogP contribution in [-0.4, -0.2) is 69.8 Å². The van der Waals surface area contributed by atoms with Gasteiger partial charge in [0, 0.05) is 0 Å². The number of aromatic nitrogens is 4. The molecule has 3 atom stereocenters. The van der Waals surface area contributed by atoms with Crippen molar-refractivity contribution >= 4 is 36.4 Å². The zero-order valence-corrected chi connectivity index (χ0v) is 26.1. The highest BCUT2D eigenvalue weighted by molar-refractivity contribution is 7.57. The van der Waals surface area contributed by atoms with Gasteiger partial charge < -0.3 is 29.0 Å². The number of imidazole rings is 1. The van der Waals surface area contributed by atoms with E-state index in [-0.39, 0.29) is 31.3 Å². The third-order valence-electron chi connectivity index (χ3n) is 6.49. The lowest BCUT2D eigenvalue weighted by atomic mass is 10.2. The second kappa shape index (κ2) is 18.3. The molecule has 242 valence electrons. The van der Waals surface area contributed by atoms with Crippen molar-refractivity contribution in [2.24, 2.45) is 0 Å². The largest absolute Gasteiger partial charge is 0.466 e. The molecule has 2 aromatic heterocycles. The SMILES string of the molecule is CCCCCOC(=O)C[C@H](NP(=O)(CO[C@@H](CF)Cn1cnc2c(N)ncnc21)Oc1ccccc1)C(=O)OCCCCC. The number of nitrogen functional groups attached to an aromatic ring is 1. The first-order chi connectivity index (χ1) is 21.3. The molecule has 0 spiro atoms. The Morgan fingerprint density at radius 2 is 1.73 bits per heavy atom. The van der Waals surface area contributed by atoms with Gasteiger partial charge in [0.25, 0.3) is 0 Å². The molecule has 0 saturated carbocycles. The van der Waals surface area contributed by atoms with E-state index in [1.165, 1.54) is 12.7 Å². The molecule has 0 amide bonds. The number of benzene rings is 1. The molecule has 3 rings (SSSR count). The number of rotatable bonds is 21. The maximum absolute atomic E-state index is 14.2. The Kier molecular flexibility index (Phi) is 14.5. The molecule has 13 nitrogen and oxygen atoms in total. The van der Waals surface area contributed by atoms with Gasteiger partial charge in [-0.3, -0.25) is 14.2 Å². The van der Waals surface area contributed by atoms with E-state index in [1.807, 2.05) is 13.8 Å². The van der Waals surface area contributed by atoms with Crippen LogP contribution >= 0.6 is 7.52 Å². The van der Waals surface area contributed by atoms with Crippen LogP contribution in [0.1, 0.15) is 58.8 Å². The number of nitrogens with one attached hydrogen (secondary N) is 1. The number of nitrogens with two attached hydrogens (primary N) is 1. The third kappa shape index (κ3) is 11.1. The van der Waals surface area contributed by atoms with Crippen molar-refractivity contribution in [3.05, 3.63) is 43.0 Å². The summed E-state index contributed by atoms with van der Waals surface area (Å²) in [6.45, 7) is 3.39. The highest BCUT2D eigenvalue weighted by atomic mass is 31.2. The lowest BCUT2D eigenvalue weighted by Crippen LogP contribution is -2.40. The Morgan fingerprint density at radius 3 is 2.41 bits per heavy atom. The van der Waals surface area contributed by atoms with Crippen LogP contribution in [0.2, 0.25) is 0 Å². The predicted octanol–water partition coefficient (Wildman–Crippen LogP) is 4.81. The van der Waals surface area contributed by atoms with Gasteiger partial charge in [0.2, 0.25) is 0 Å². The molecule has 2 heterocycles. The molecule has 0 aliphatic heterocycles. The normalized spacial score (nSPS) is 14.1. The first kappa shape index (κ1) is 34.9. The lowest BCUT2D eigenvalue weighted by Gasteiger charge is -2.26. The number of para-hydroxylation sites is 1. The van der Waals surface area contributed by atoms with E-state index in [4.69, 9.17) is 24.5 Å². The van der Waals surface area contributed by atoms with Crippen LogP contribution in [-0.2, 0) is 34.9 Å². The van der Waals surface area contributed by atoms with Crippen molar-refractivity contribution in [3.63, 3.8) is 0 Å². The highest BCUT2D eigenvalue weighted by Crippen LogP contribution is 2.44. The van der Waals surface area contributed by atoms with Gasteiger partial charge in [0.1, 0.15) is 42.8 Å². The first-order valence-electron chi connectivity index (χ1n) is 14.8. The zero-order chi connectivity index (χ0) is 31.8. The van der Waals surface area contributed by atoms with E-state index < -0.39 is 51.0 Å². The Morgan fingerprint density at radius 1 is 1.02 bits per heavy atom. The van der Waals surface area contributed by atoms with Gasteiger partial charge in [-0.25, -0.2) is 24.4 Å². The Bertz CT molecular complexity index is 1360. The van der Waals surface area contributed by atoms with Gasteiger partial charge in [0.05, 0.1) is 32.5 Å². The van der Waals surface area contributed by atoms with Crippen LogP contribution in [0.15, 0.2) is 43.0 Å². The van der Waals surface area contributed by atoms with Gasteiger partial charge in [-0.2, -0.15) is 0 Å². The molecular formula is C29H42FN6O7P. The molecule has 0 fully saturated rings. The Labute approximate surface area is 256 Å². The van der Waals surface area contributed by atoms with E-state index in [1.54, 1.807) is 34.9 Å². The van der Waals surface area contributed by atoms with Crippen LogP contribution < -0.4 is 15.3 Å². The Balaban J connectivity index is 1.78. The van der Waals surface area contributed by atoms with Crippen molar-refractivity contribution in [1.82, 2.24) is 24.6 Å². The average molecular weight is 637 g/mol. The highest BCUT2D eigenvalue weighted by Gasteiger charge is 2.36. The molecule has 0 radical (unpaired) electrons. The summed E-state index contributed by atoms with van der Waals surface area (Å²) in [6.07, 6.45) is 5.44. The van der Waals surface area contributed by atoms with Gasteiger partial charge in [-0.15, -0.1) is 0 Å². The predicted molar refractivity (Wildman–Crippen MR) is 163 cm³/mol. The first-order valence-corrected chi connectivity index (χ1v) is 16.6. The van der Waals surface area contributed by atoms with E-state index in [0.717, 1.165) is 25.7 Å². The molecule has 0 saturated heterocycles. The fourth-order valence-electron chi connectivity index (χ4n) is 4.15. The number of carbonyl (C=O) groups is 2. The minimum atomic E-state index is -4.12. The summed E-state index contributed by atoms with van der Waals surface area (Å²) < 4.78 is 52.2. The summed E-state index contributed by atoms with van der Waals surface area (Å²) in [5.41, 5.74) is 6.58. The van der Waals surface area contributed by atoms with E-state index in [2.05, 4.69) is 20.0 Å². The van der Waals surface area contributed by atoms with Crippen LogP contribution in [0.4, 0.5) is 10.2 Å². The van der Waals surface area contributed by atoms with Crippen LogP contribution in [0, 0.1) is 0 Å². The van der Waals surface area contributed by atoms with Crippen molar-refractivity contribution < 1.29 is 37.3 Å². The summed E-state index contributed by atoms with van der Waals surface area (Å²) in [7, 11) is -4.12. The van der Waals surface area contributed by atoms with Gasteiger partial charge >= 0.3 is 19.5 Å². The van der Waals surface area contributed by atoms with E-state index in [0.29, 0.717) is 24.0 Å². The van der Waals surface area contributed by atoms with Crippen LogP contribution in [0.25, 0.3) is 11.2 Å². The third-order valence-corrected chi connectivity index (χ3v) is 8.19. The maximum atomic E-state index is 14.2. The van der Waals surface area contributed by atoms with Gasteiger partial charge in [0.15, 0.2) is 11.5 Å². The standard InChI is InChI=1S/C29H42FN6O7P/c1-3-5-10-14-40-25(37)16-24(29(38)41-15-11-6-4-2)35-44(39,43-22-12-8-7-9-13-22)21-42-23(17-30)18-36-20-34-26-27(31)32-19-33-28(26)36/h7-9,12-13,19-20,23-24H,3-6,10-11,14-18,21H2,1-2H3,(H,35,39)(H2,31,32,33)/t23-,24-,44?/m0/s1. The summed E-state index contributed by atoms with van der Waals surface area (Å²) in [5.74, 6) is -1.06. The second-order valence-electron chi connectivity index (χ2n) is 10.2. The van der Waals surface area contributed by atoms with E-state index >= 15 is 0 Å². The number of unbranched alkanes of at least 4 members (excludes halogenated alkanes) is 4. The monoisotopic (exact) mass is 636 g/mol. The maximum Gasteiger partial charge on any atom is 0.342 e. The fourth-order valence-corrected chi connectivity index (χ4v) is 5.87. The quantitative estimate of drug-likeness (QED) is 0.0931. The molecule has 1 unspecified atom stereocenters.